The molecule has 0 bridgehead atoms. The Balaban J connectivity index is 1.86. The molecule has 0 aromatic heterocycles. The van der Waals surface area contributed by atoms with Crippen LogP contribution in [0.4, 0.5) is 4.79 Å². The summed E-state index contributed by atoms with van der Waals surface area (Å²) in [6.07, 6.45) is 3.87. The average molecular weight is 254 g/mol. The molecule has 1 saturated heterocycles. The molecule has 0 aromatic rings. The topological polar surface area (TPSA) is 32.8 Å². The van der Waals surface area contributed by atoms with E-state index in [4.69, 9.17) is 4.74 Å². The Morgan fingerprint density at radius 3 is 2.33 bits per heavy atom. The zero-order chi connectivity index (χ0) is 13.3. The van der Waals surface area contributed by atoms with Gasteiger partial charge in [-0.05, 0) is 40.5 Å². The van der Waals surface area contributed by atoms with E-state index in [2.05, 4.69) is 11.8 Å². The second-order valence-corrected chi connectivity index (χ2v) is 6.60. The lowest BCUT2D eigenvalue weighted by atomic mass is 9.90. The normalized spacial score (nSPS) is 26.9. The van der Waals surface area contributed by atoms with Crippen molar-refractivity contribution in [3.63, 3.8) is 0 Å². The SMILES string of the molecule is CC1CN(C2CCC2)CCN1C(=O)OC(C)(C)C. The second kappa shape index (κ2) is 5.08. The van der Waals surface area contributed by atoms with Crippen LogP contribution in [-0.2, 0) is 4.74 Å². The summed E-state index contributed by atoms with van der Waals surface area (Å²) < 4.78 is 5.45. The summed E-state index contributed by atoms with van der Waals surface area (Å²) in [7, 11) is 0. The van der Waals surface area contributed by atoms with Gasteiger partial charge in [-0.15, -0.1) is 0 Å². The molecule has 104 valence electrons. The molecule has 2 fully saturated rings. The van der Waals surface area contributed by atoms with Crippen molar-refractivity contribution >= 4 is 6.09 Å². The predicted octanol–water partition coefficient (Wildman–Crippen LogP) is 2.48. The number of nitrogens with zero attached hydrogens (tertiary/aromatic N) is 2. The summed E-state index contributed by atoms with van der Waals surface area (Å²) in [5.41, 5.74) is -0.401. The van der Waals surface area contributed by atoms with E-state index in [1.165, 1.54) is 19.3 Å². The van der Waals surface area contributed by atoms with Crippen molar-refractivity contribution in [1.82, 2.24) is 9.80 Å². The Hall–Kier alpha value is -0.770. The first-order valence-electron chi connectivity index (χ1n) is 7.10. The van der Waals surface area contributed by atoms with Gasteiger partial charge in [0, 0.05) is 31.7 Å². The van der Waals surface area contributed by atoms with Gasteiger partial charge in [0.05, 0.1) is 0 Å². The second-order valence-electron chi connectivity index (χ2n) is 6.60. The lowest BCUT2D eigenvalue weighted by Crippen LogP contribution is -2.58. The lowest BCUT2D eigenvalue weighted by molar-refractivity contribution is -0.0110. The molecule has 2 aliphatic rings. The fourth-order valence-electron chi connectivity index (χ4n) is 2.66. The maximum Gasteiger partial charge on any atom is 0.410 e. The van der Waals surface area contributed by atoms with Gasteiger partial charge in [0.15, 0.2) is 0 Å². The maximum atomic E-state index is 12.1. The van der Waals surface area contributed by atoms with Crippen LogP contribution in [0.15, 0.2) is 0 Å². The molecule has 2 rings (SSSR count). The van der Waals surface area contributed by atoms with Crippen LogP contribution in [0.2, 0.25) is 0 Å². The third kappa shape index (κ3) is 3.16. The van der Waals surface area contributed by atoms with Crippen LogP contribution in [-0.4, -0.2) is 53.2 Å². The largest absolute Gasteiger partial charge is 0.444 e. The number of amides is 1. The zero-order valence-electron chi connectivity index (χ0n) is 12.1. The standard InChI is InChI=1S/C14H26N2O2/c1-11-10-15(12-6-5-7-12)8-9-16(11)13(17)18-14(2,3)4/h11-12H,5-10H2,1-4H3. The van der Waals surface area contributed by atoms with Crippen LogP contribution in [0.1, 0.15) is 47.0 Å². The van der Waals surface area contributed by atoms with Gasteiger partial charge in [0.1, 0.15) is 5.60 Å². The Kier molecular flexibility index (Phi) is 3.85. The zero-order valence-corrected chi connectivity index (χ0v) is 12.1. The van der Waals surface area contributed by atoms with Gasteiger partial charge in [-0.3, -0.25) is 4.90 Å². The van der Waals surface area contributed by atoms with Crippen LogP contribution in [0.5, 0.6) is 0 Å². The Labute approximate surface area is 110 Å². The van der Waals surface area contributed by atoms with Gasteiger partial charge >= 0.3 is 6.09 Å². The summed E-state index contributed by atoms with van der Waals surface area (Å²) in [5.74, 6) is 0. The number of hydrogen-bond acceptors (Lipinski definition) is 3. The minimum absolute atomic E-state index is 0.164. The lowest BCUT2D eigenvalue weighted by Gasteiger charge is -2.46. The molecular weight excluding hydrogens is 228 g/mol. The van der Waals surface area contributed by atoms with E-state index in [1.54, 1.807) is 0 Å². The number of hydrogen-bond donors (Lipinski definition) is 0. The first-order chi connectivity index (χ1) is 8.37. The van der Waals surface area contributed by atoms with E-state index in [0.717, 1.165) is 25.7 Å². The smallest absolute Gasteiger partial charge is 0.410 e. The highest BCUT2D eigenvalue weighted by Gasteiger charge is 2.34. The minimum atomic E-state index is -0.401. The molecule has 1 unspecified atom stereocenters. The van der Waals surface area contributed by atoms with E-state index in [0.29, 0.717) is 0 Å². The molecule has 4 nitrogen and oxygen atoms in total. The van der Waals surface area contributed by atoms with Crippen molar-refractivity contribution < 1.29 is 9.53 Å². The van der Waals surface area contributed by atoms with Crippen molar-refractivity contribution in [3.8, 4) is 0 Å². The van der Waals surface area contributed by atoms with Crippen LogP contribution >= 0.6 is 0 Å². The van der Waals surface area contributed by atoms with E-state index < -0.39 is 5.60 Å². The highest BCUT2D eigenvalue weighted by atomic mass is 16.6. The number of carbonyl (C=O) groups excluding carboxylic acids is 1. The summed E-state index contributed by atoms with van der Waals surface area (Å²) in [4.78, 5) is 16.5. The Morgan fingerprint density at radius 2 is 1.89 bits per heavy atom. The van der Waals surface area contributed by atoms with E-state index in [9.17, 15) is 4.79 Å². The fourth-order valence-corrected chi connectivity index (χ4v) is 2.66. The van der Waals surface area contributed by atoms with Crippen molar-refractivity contribution in [3.05, 3.63) is 0 Å². The van der Waals surface area contributed by atoms with Crippen molar-refractivity contribution in [2.24, 2.45) is 0 Å². The third-order valence-electron chi connectivity index (χ3n) is 3.88. The van der Waals surface area contributed by atoms with Gasteiger partial charge in [0.2, 0.25) is 0 Å². The maximum absolute atomic E-state index is 12.1. The van der Waals surface area contributed by atoms with E-state index >= 15 is 0 Å². The van der Waals surface area contributed by atoms with Crippen LogP contribution in [0.3, 0.4) is 0 Å². The molecule has 1 amide bonds. The molecule has 0 radical (unpaired) electrons. The number of carbonyl (C=O) groups is 1. The molecular formula is C14H26N2O2. The first kappa shape index (κ1) is 13.7. The van der Waals surface area contributed by atoms with Crippen LogP contribution in [0.25, 0.3) is 0 Å². The highest BCUT2D eigenvalue weighted by Crippen LogP contribution is 2.27. The van der Waals surface area contributed by atoms with Gasteiger partial charge in [0.25, 0.3) is 0 Å². The monoisotopic (exact) mass is 254 g/mol. The fraction of sp³-hybridized carbons (Fsp3) is 0.929. The van der Waals surface area contributed by atoms with Gasteiger partial charge in [-0.1, -0.05) is 6.42 Å². The first-order valence-corrected chi connectivity index (χ1v) is 7.10. The molecule has 0 N–H and O–H groups in total. The van der Waals surface area contributed by atoms with E-state index in [-0.39, 0.29) is 12.1 Å². The molecule has 1 saturated carbocycles. The molecule has 4 heteroatoms. The molecule has 1 aliphatic heterocycles. The van der Waals surface area contributed by atoms with Gasteiger partial charge in [-0.2, -0.15) is 0 Å². The summed E-state index contributed by atoms with van der Waals surface area (Å²) >= 11 is 0. The number of rotatable bonds is 1. The summed E-state index contributed by atoms with van der Waals surface area (Å²) in [6.45, 7) is 10.7. The molecule has 1 heterocycles. The van der Waals surface area contributed by atoms with Gasteiger partial charge < -0.3 is 9.64 Å². The molecule has 0 spiro atoms. The Bertz CT molecular complexity index is 307. The molecule has 1 atom stereocenters. The molecule has 18 heavy (non-hydrogen) atoms. The van der Waals surface area contributed by atoms with Crippen molar-refractivity contribution in [1.29, 1.82) is 0 Å². The quantitative estimate of drug-likeness (QED) is 0.720. The molecule has 0 aromatic carbocycles. The molecule has 1 aliphatic carbocycles. The number of piperazine rings is 1. The number of ether oxygens (including phenoxy) is 1. The minimum Gasteiger partial charge on any atom is -0.444 e. The summed E-state index contributed by atoms with van der Waals surface area (Å²) in [5, 5.41) is 0. The summed E-state index contributed by atoms with van der Waals surface area (Å²) in [6, 6.07) is 1.03. The van der Waals surface area contributed by atoms with E-state index in [1.807, 2.05) is 25.7 Å². The third-order valence-corrected chi connectivity index (χ3v) is 3.88. The average Bonchev–Trinajstić information content (AvgIpc) is 2.11. The van der Waals surface area contributed by atoms with Crippen molar-refractivity contribution in [2.75, 3.05) is 19.6 Å². The van der Waals surface area contributed by atoms with Crippen molar-refractivity contribution in [2.45, 2.75) is 64.6 Å². The van der Waals surface area contributed by atoms with Crippen LogP contribution < -0.4 is 0 Å². The van der Waals surface area contributed by atoms with Gasteiger partial charge in [-0.25, -0.2) is 4.79 Å². The highest BCUT2D eigenvalue weighted by molar-refractivity contribution is 5.68. The van der Waals surface area contributed by atoms with Crippen LogP contribution in [0, 0.1) is 0 Å². The Morgan fingerprint density at radius 1 is 1.22 bits per heavy atom. The predicted molar refractivity (Wildman–Crippen MR) is 71.6 cm³/mol.